The van der Waals surface area contributed by atoms with E-state index in [1.165, 1.54) is 10.8 Å². The number of allylic oxidation sites excluding steroid dienone is 12. The van der Waals surface area contributed by atoms with Crippen LogP contribution in [0.2, 0.25) is 19.6 Å². The summed E-state index contributed by atoms with van der Waals surface area (Å²) in [6.07, 6.45) is 22.4. The summed E-state index contributed by atoms with van der Waals surface area (Å²) >= 11 is 0. The Balaban J connectivity index is 1.52. The molecule has 0 saturated heterocycles. The van der Waals surface area contributed by atoms with Crippen LogP contribution in [0.3, 0.4) is 0 Å². The van der Waals surface area contributed by atoms with Gasteiger partial charge in [0.2, 0.25) is 0 Å². The number of aliphatic imine (C=N–C) groups is 4. The van der Waals surface area contributed by atoms with Gasteiger partial charge in [0, 0.05) is 5.57 Å². The molecule has 1 aromatic carbocycles. The van der Waals surface area contributed by atoms with E-state index in [1.54, 1.807) is 0 Å². The minimum Gasteiger partial charge on any atom is -0.249 e. The Labute approximate surface area is 200 Å². The molecule has 0 unspecified atom stereocenters. The predicted octanol–water partition coefficient (Wildman–Crippen LogP) is 5.65. The number of benzene rings is 1. The molecule has 0 fully saturated rings. The number of rotatable bonds is 2. The third kappa shape index (κ3) is 3.95. The van der Waals surface area contributed by atoms with Gasteiger partial charge in [0.15, 0.2) is 0 Å². The van der Waals surface area contributed by atoms with Crippen LogP contribution in [-0.2, 0) is 0 Å². The second-order valence-electron chi connectivity index (χ2n) is 9.74. The summed E-state index contributed by atoms with van der Waals surface area (Å²) < 4.78 is 0. The van der Waals surface area contributed by atoms with Gasteiger partial charge >= 0.3 is 0 Å². The highest BCUT2D eigenvalue weighted by molar-refractivity contribution is 6.89. The topological polar surface area (TPSA) is 49.4 Å². The van der Waals surface area contributed by atoms with E-state index in [2.05, 4.69) is 61.1 Å². The summed E-state index contributed by atoms with van der Waals surface area (Å²) in [5.74, 6) is 0. The van der Waals surface area contributed by atoms with Crippen molar-refractivity contribution >= 4 is 41.7 Å². The monoisotopic (exact) mass is 456 g/mol. The fraction of sp³-hybridized carbons (Fsp3) is 0.103. The number of hydrogen-bond donors (Lipinski definition) is 0. The van der Waals surface area contributed by atoms with E-state index in [9.17, 15) is 0 Å². The first kappa shape index (κ1) is 20.6. The molecule has 0 N–H and O–H groups in total. The van der Waals surface area contributed by atoms with Gasteiger partial charge in [0.05, 0.1) is 53.7 Å². The van der Waals surface area contributed by atoms with Crippen molar-refractivity contribution in [2.24, 2.45) is 20.0 Å². The standard InChI is InChI=1S/C29H24N4Si/c1-34(2,3)29-7-5-4-6-26(29)27-17-25-16-23-11-10-21(31-23)14-19-8-9-20(30-19)15-22-12-13-24(32-22)18-28(27)33-25/h4-18H,1-3H3. The molecular weight excluding hydrogens is 432 g/mol. The maximum Gasteiger partial charge on any atom is 0.0784 e. The van der Waals surface area contributed by atoms with Crippen molar-refractivity contribution in [2.75, 3.05) is 0 Å². The minimum absolute atomic E-state index is 0.888. The highest BCUT2D eigenvalue weighted by Gasteiger charge is 2.25. The quantitative estimate of drug-likeness (QED) is 0.516. The average molecular weight is 457 g/mol. The lowest BCUT2D eigenvalue weighted by Crippen LogP contribution is -2.40. The lowest BCUT2D eigenvalue weighted by Gasteiger charge is -2.21. The SMILES string of the molecule is C[Si](C)(C)c1ccccc1C1=CC2=CC3=NC(=CC4=NC(=CC5=NC(=CC1=N2)C=C5)C=C4)C=C3. The largest absolute Gasteiger partial charge is 0.249 e. The van der Waals surface area contributed by atoms with Crippen molar-refractivity contribution in [3.05, 3.63) is 119 Å². The Morgan fingerprint density at radius 3 is 1.65 bits per heavy atom. The van der Waals surface area contributed by atoms with Crippen molar-refractivity contribution in [3.63, 3.8) is 0 Å². The van der Waals surface area contributed by atoms with E-state index >= 15 is 0 Å². The number of nitrogens with zero attached hydrogens (tertiary/aromatic N) is 4. The fourth-order valence-electron chi connectivity index (χ4n) is 4.49. The van der Waals surface area contributed by atoms with Crippen molar-refractivity contribution < 1.29 is 0 Å². The zero-order valence-corrected chi connectivity index (χ0v) is 20.4. The highest BCUT2D eigenvalue weighted by Crippen LogP contribution is 2.29. The predicted molar refractivity (Wildman–Crippen MR) is 147 cm³/mol. The van der Waals surface area contributed by atoms with E-state index < -0.39 is 8.07 Å². The normalized spacial score (nSPS) is 20.3. The van der Waals surface area contributed by atoms with Gasteiger partial charge < -0.3 is 0 Å². The third-order valence-corrected chi connectivity index (χ3v) is 8.12. The summed E-state index contributed by atoms with van der Waals surface area (Å²) in [5.41, 5.74) is 9.56. The molecule has 0 amide bonds. The zero-order chi connectivity index (χ0) is 23.3. The molecule has 0 aliphatic carbocycles. The Morgan fingerprint density at radius 2 is 1.06 bits per heavy atom. The Hall–Kier alpha value is -3.96. The van der Waals surface area contributed by atoms with E-state index in [0.717, 1.165) is 51.2 Å². The Bertz CT molecular complexity index is 1500. The van der Waals surface area contributed by atoms with Crippen molar-refractivity contribution in [3.8, 4) is 0 Å². The average Bonchev–Trinajstić information content (AvgIpc) is 3.58. The van der Waals surface area contributed by atoms with Crippen LogP contribution < -0.4 is 5.19 Å². The summed E-state index contributed by atoms with van der Waals surface area (Å²) in [5, 5.41) is 1.43. The fourth-order valence-corrected chi connectivity index (χ4v) is 6.11. The van der Waals surface area contributed by atoms with Crippen LogP contribution >= 0.6 is 0 Å². The van der Waals surface area contributed by atoms with Crippen LogP contribution in [0.1, 0.15) is 5.56 Å². The number of hydrogen-bond acceptors (Lipinski definition) is 4. The van der Waals surface area contributed by atoms with Gasteiger partial charge in [-0.1, -0.05) is 49.1 Å². The highest BCUT2D eigenvalue weighted by atomic mass is 28.3. The molecule has 6 rings (SSSR count). The molecular formula is C29H24N4Si. The number of fused-ring (bicyclic) bond motifs is 4. The van der Waals surface area contributed by atoms with Gasteiger partial charge in [-0.25, -0.2) is 20.0 Å². The first-order chi connectivity index (χ1) is 16.4. The van der Waals surface area contributed by atoms with Crippen LogP contribution in [0.25, 0.3) is 5.57 Å². The molecule has 8 bridgehead atoms. The van der Waals surface area contributed by atoms with Crippen LogP contribution in [-0.4, -0.2) is 30.9 Å². The van der Waals surface area contributed by atoms with Gasteiger partial charge in [-0.3, -0.25) is 0 Å². The van der Waals surface area contributed by atoms with Gasteiger partial charge in [-0.2, -0.15) is 0 Å². The van der Waals surface area contributed by atoms with Gasteiger partial charge in [0.1, 0.15) is 0 Å². The van der Waals surface area contributed by atoms with Crippen LogP contribution in [0.15, 0.2) is 134 Å². The Kier molecular flexibility index (Phi) is 4.74. The van der Waals surface area contributed by atoms with E-state index in [1.807, 2.05) is 54.7 Å². The minimum atomic E-state index is -1.56. The van der Waals surface area contributed by atoms with Gasteiger partial charge in [-0.15, -0.1) is 0 Å². The summed E-state index contributed by atoms with van der Waals surface area (Å²) in [4.78, 5) is 19.3. The van der Waals surface area contributed by atoms with E-state index in [0.29, 0.717) is 0 Å². The van der Waals surface area contributed by atoms with Gasteiger partial charge in [0.25, 0.3) is 0 Å². The Morgan fingerprint density at radius 1 is 0.529 bits per heavy atom. The lowest BCUT2D eigenvalue weighted by atomic mass is 10.0. The molecule has 1 aromatic rings. The second kappa shape index (κ2) is 7.82. The second-order valence-corrected chi connectivity index (χ2v) is 14.8. The summed E-state index contributed by atoms with van der Waals surface area (Å²) in [6.45, 7) is 7.15. The molecule has 34 heavy (non-hydrogen) atoms. The molecule has 0 radical (unpaired) electrons. The van der Waals surface area contributed by atoms with Crippen molar-refractivity contribution in [1.29, 1.82) is 0 Å². The van der Waals surface area contributed by atoms with E-state index in [4.69, 9.17) is 15.0 Å². The summed E-state index contributed by atoms with van der Waals surface area (Å²) in [7, 11) is -1.56. The lowest BCUT2D eigenvalue weighted by molar-refractivity contribution is 1.41. The molecule has 0 spiro atoms. The molecule has 164 valence electrons. The molecule has 5 aliphatic rings. The van der Waals surface area contributed by atoms with Crippen LogP contribution in [0.5, 0.6) is 0 Å². The van der Waals surface area contributed by atoms with Crippen molar-refractivity contribution in [1.82, 2.24) is 0 Å². The van der Waals surface area contributed by atoms with Crippen LogP contribution in [0, 0.1) is 0 Å². The molecule has 5 heterocycles. The molecule has 0 atom stereocenters. The maximum atomic E-state index is 5.01. The first-order valence-corrected chi connectivity index (χ1v) is 15.0. The van der Waals surface area contributed by atoms with Crippen LogP contribution in [0.4, 0.5) is 0 Å². The molecule has 4 nitrogen and oxygen atoms in total. The molecule has 5 aliphatic heterocycles. The third-order valence-electron chi connectivity index (χ3n) is 6.06. The van der Waals surface area contributed by atoms with E-state index in [-0.39, 0.29) is 0 Å². The molecule has 0 saturated carbocycles. The first-order valence-electron chi connectivity index (χ1n) is 11.5. The molecule has 0 aromatic heterocycles. The van der Waals surface area contributed by atoms with Crippen molar-refractivity contribution in [2.45, 2.75) is 19.6 Å². The smallest absolute Gasteiger partial charge is 0.0784 e. The maximum absolute atomic E-state index is 5.01. The van der Waals surface area contributed by atoms with Gasteiger partial charge in [-0.05, 0) is 72.4 Å². The molecule has 5 heteroatoms. The summed E-state index contributed by atoms with van der Waals surface area (Å²) in [6, 6.07) is 8.75. The zero-order valence-electron chi connectivity index (χ0n) is 19.4.